The average molecular weight is 284 g/mol. The summed E-state index contributed by atoms with van der Waals surface area (Å²) in [6.07, 6.45) is -2.44. The first kappa shape index (κ1) is 16.2. The molecule has 0 aromatic heterocycles. The number of carbonyl (C=O) groups excluding carboxylic acids is 1. The molecule has 1 aliphatic heterocycles. The molecule has 0 atom stereocenters. The van der Waals surface area contributed by atoms with Crippen LogP contribution in [0.3, 0.4) is 0 Å². The number of amides is 1. The molecule has 0 aromatic rings. The summed E-state index contributed by atoms with van der Waals surface area (Å²) in [5.74, 6) is -6.28. The van der Waals surface area contributed by atoms with Gasteiger partial charge in [-0.2, -0.15) is 8.78 Å². The van der Waals surface area contributed by atoms with E-state index in [-0.39, 0.29) is 12.5 Å². The van der Waals surface area contributed by atoms with Gasteiger partial charge in [0.05, 0.1) is 0 Å². The second-order valence-corrected chi connectivity index (χ2v) is 5.17. The van der Waals surface area contributed by atoms with Crippen LogP contribution >= 0.6 is 0 Å². The lowest BCUT2D eigenvalue weighted by molar-refractivity contribution is -0.183. The Morgan fingerprint density at radius 2 is 1.84 bits per heavy atom. The van der Waals surface area contributed by atoms with Crippen molar-refractivity contribution in [1.82, 2.24) is 10.2 Å². The quantitative estimate of drug-likeness (QED) is 0.784. The Morgan fingerprint density at radius 1 is 1.32 bits per heavy atom. The number of halogens is 4. The van der Waals surface area contributed by atoms with Gasteiger partial charge in [-0.25, -0.2) is 8.78 Å². The Labute approximate surface area is 110 Å². The molecule has 0 spiro atoms. The van der Waals surface area contributed by atoms with E-state index in [4.69, 9.17) is 0 Å². The second kappa shape index (κ2) is 6.54. The number of hydrogen-bond donors (Lipinski definition) is 1. The fourth-order valence-electron chi connectivity index (χ4n) is 2.16. The fraction of sp³-hybridized carbons (Fsp3) is 0.917. The van der Waals surface area contributed by atoms with E-state index < -0.39 is 24.3 Å². The molecule has 1 saturated heterocycles. The number of rotatable bonds is 5. The molecule has 1 rings (SSSR count). The maximum Gasteiger partial charge on any atom is 0.383 e. The minimum Gasteiger partial charge on any atom is -0.335 e. The first-order valence-corrected chi connectivity index (χ1v) is 6.44. The van der Waals surface area contributed by atoms with Gasteiger partial charge < -0.3 is 10.2 Å². The van der Waals surface area contributed by atoms with Crippen LogP contribution in [0.1, 0.15) is 26.7 Å². The Bertz CT molecular complexity index is 304. The Hall–Kier alpha value is -0.850. The van der Waals surface area contributed by atoms with E-state index in [1.165, 1.54) is 0 Å². The molecule has 3 nitrogen and oxygen atoms in total. The Morgan fingerprint density at radius 3 is 2.26 bits per heavy atom. The molecule has 1 aliphatic rings. The maximum absolute atomic E-state index is 13.2. The van der Waals surface area contributed by atoms with Crippen molar-refractivity contribution < 1.29 is 22.4 Å². The Balaban J connectivity index is 2.73. The molecule has 0 unspecified atom stereocenters. The van der Waals surface area contributed by atoms with Crippen molar-refractivity contribution in [2.75, 3.05) is 19.6 Å². The number of piperidine rings is 1. The molecule has 112 valence electrons. The minimum absolute atomic E-state index is 0.0843. The van der Waals surface area contributed by atoms with Crippen molar-refractivity contribution in [2.45, 2.75) is 45.1 Å². The van der Waals surface area contributed by atoms with Crippen molar-refractivity contribution in [1.29, 1.82) is 0 Å². The summed E-state index contributed by atoms with van der Waals surface area (Å²) in [6.45, 7) is 4.74. The van der Waals surface area contributed by atoms with Crippen molar-refractivity contribution >= 4 is 5.91 Å². The van der Waals surface area contributed by atoms with Crippen LogP contribution in [0.25, 0.3) is 0 Å². The molecule has 1 N–H and O–H groups in total. The van der Waals surface area contributed by atoms with Crippen LogP contribution in [0.4, 0.5) is 17.6 Å². The second-order valence-electron chi connectivity index (χ2n) is 5.17. The standard InChI is InChI=1S/C12H20F4N2O/c1-8(2)18(7-9-3-5-17-6-4-9)11(19)12(15,16)10(13)14/h8-10,17H,3-7H2,1-2H3. The molecule has 1 fully saturated rings. The predicted molar refractivity (Wildman–Crippen MR) is 63.4 cm³/mol. The normalized spacial score (nSPS) is 18.1. The van der Waals surface area contributed by atoms with Crippen LogP contribution in [0.2, 0.25) is 0 Å². The molecule has 19 heavy (non-hydrogen) atoms. The van der Waals surface area contributed by atoms with Gasteiger partial charge >= 0.3 is 12.3 Å². The van der Waals surface area contributed by atoms with E-state index in [0.29, 0.717) is 0 Å². The van der Waals surface area contributed by atoms with Gasteiger partial charge in [0.1, 0.15) is 0 Å². The van der Waals surface area contributed by atoms with E-state index in [1.54, 1.807) is 13.8 Å². The maximum atomic E-state index is 13.2. The third-order valence-corrected chi connectivity index (χ3v) is 3.36. The van der Waals surface area contributed by atoms with E-state index in [1.807, 2.05) is 0 Å². The lowest BCUT2D eigenvalue weighted by Gasteiger charge is -2.34. The molecule has 1 amide bonds. The van der Waals surface area contributed by atoms with Gasteiger partial charge in [0, 0.05) is 12.6 Å². The summed E-state index contributed by atoms with van der Waals surface area (Å²) >= 11 is 0. The minimum atomic E-state index is -4.60. The predicted octanol–water partition coefficient (Wildman–Crippen LogP) is 2.12. The monoisotopic (exact) mass is 284 g/mol. The molecule has 7 heteroatoms. The molecule has 0 bridgehead atoms. The number of hydrogen-bond acceptors (Lipinski definition) is 2. The Kier molecular flexibility index (Phi) is 5.58. The third kappa shape index (κ3) is 4.06. The smallest absolute Gasteiger partial charge is 0.335 e. The lowest BCUT2D eigenvalue weighted by Crippen LogP contribution is -2.52. The van der Waals surface area contributed by atoms with Crippen LogP contribution in [0.15, 0.2) is 0 Å². The van der Waals surface area contributed by atoms with Crippen molar-refractivity contribution in [3.63, 3.8) is 0 Å². The molecule has 0 aliphatic carbocycles. The molecule has 0 radical (unpaired) electrons. The van der Waals surface area contributed by atoms with Gasteiger partial charge in [0.25, 0.3) is 5.91 Å². The highest BCUT2D eigenvalue weighted by molar-refractivity contribution is 5.84. The van der Waals surface area contributed by atoms with Gasteiger partial charge in [0.15, 0.2) is 0 Å². The summed E-state index contributed by atoms with van der Waals surface area (Å²) < 4.78 is 50.8. The topological polar surface area (TPSA) is 32.3 Å². The largest absolute Gasteiger partial charge is 0.383 e. The lowest BCUT2D eigenvalue weighted by atomic mass is 9.96. The highest BCUT2D eigenvalue weighted by Gasteiger charge is 2.51. The fourth-order valence-corrected chi connectivity index (χ4v) is 2.16. The van der Waals surface area contributed by atoms with Crippen LogP contribution in [0.5, 0.6) is 0 Å². The first-order valence-electron chi connectivity index (χ1n) is 6.44. The van der Waals surface area contributed by atoms with Crippen molar-refractivity contribution in [3.05, 3.63) is 0 Å². The van der Waals surface area contributed by atoms with Crippen LogP contribution in [0, 0.1) is 5.92 Å². The SMILES string of the molecule is CC(C)N(CC1CCNCC1)C(=O)C(F)(F)C(F)F. The first-order chi connectivity index (χ1) is 8.76. The molecular formula is C12H20F4N2O. The summed E-state index contributed by atoms with van der Waals surface area (Å²) in [7, 11) is 0. The van der Waals surface area contributed by atoms with Crippen LogP contribution in [-0.2, 0) is 4.79 Å². The van der Waals surface area contributed by atoms with Gasteiger partial charge in [-0.05, 0) is 45.7 Å². The van der Waals surface area contributed by atoms with Gasteiger partial charge in [0.2, 0.25) is 0 Å². The highest BCUT2D eigenvalue weighted by atomic mass is 19.3. The van der Waals surface area contributed by atoms with E-state index in [0.717, 1.165) is 30.8 Å². The number of alkyl halides is 4. The molecular weight excluding hydrogens is 264 g/mol. The van der Waals surface area contributed by atoms with Gasteiger partial charge in [-0.1, -0.05) is 0 Å². The average Bonchev–Trinajstić information content (AvgIpc) is 2.35. The molecule has 0 aromatic carbocycles. The van der Waals surface area contributed by atoms with Gasteiger partial charge in [-0.15, -0.1) is 0 Å². The summed E-state index contributed by atoms with van der Waals surface area (Å²) in [4.78, 5) is 12.5. The zero-order valence-electron chi connectivity index (χ0n) is 11.1. The summed E-state index contributed by atoms with van der Waals surface area (Å²) in [5.41, 5.74) is 0. The van der Waals surface area contributed by atoms with Crippen LogP contribution in [-0.4, -0.2) is 48.8 Å². The zero-order valence-corrected chi connectivity index (χ0v) is 11.1. The van der Waals surface area contributed by atoms with Crippen molar-refractivity contribution in [3.8, 4) is 0 Å². The van der Waals surface area contributed by atoms with E-state index in [2.05, 4.69) is 5.32 Å². The van der Waals surface area contributed by atoms with E-state index >= 15 is 0 Å². The number of nitrogens with one attached hydrogen (secondary N) is 1. The van der Waals surface area contributed by atoms with Crippen molar-refractivity contribution in [2.24, 2.45) is 5.92 Å². The summed E-state index contributed by atoms with van der Waals surface area (Å²) in [6, 6.07) is -0.521. The van der Waals surface area contributed by atoms with E-state index in [9.17, 15) is 22.4 Å². The number of nitrogens with zero attached hydrogens (tertiary/aromatic N) is 1. The van der Waals surface area contributed by atoms with Gasteiger partial charge in [-0.3, -0.25) is 4.79 Å². The highest BCUT2D eigenvalue weighted by Crippen LogP contribution is 2.27. The van der Waals surface area contributed by atoms with Crippen LogP contribution < -0.4 is 5.32 Å². The zero-order chi connectivity index (χ0) is 14.6. The molecule has 1 heterocycles. The third-order valence-electron chi connectivity index (χ3n) is 3.36. The number of carbonyl (C=O) groups is 1. The summed E-state index contributed by atoms with van der Waals surface area (Å²) in [5, 5.41) is 3.12. The molecule has 0 saturated carbocycles.